The number of sulfonamides is 1. The van der Waals surface area contributed by atoms with Gasteiger partial charge in [0, 0.05) is 6.54 Å². The van der Waals surface area contributed by atoms with Crippen molar-refractivity contribution in [2.24, 2.45) is 0 Å². The fourth-order valence-corrected chi connectivity index (χ4v) is 3.95. The molecule has 0 aliphatic carbocycles. The van der Waals surface area contributed by atoms with Crippen molar-refractivity contribution in [1.29, 1.82) is 0 Å². The van der Waals surface area contributed by atoms with E-state index in [-0.39, 0.29) is 13.1 Å². The Morgan fingerprint density at radius 3 is 2.13 bits per heavy atom. The molecule has 0 unspecified atom stereocenters. The third-order valence-corrected chi connectivity index (χ3v) is 5.67. The van der Waals surface area contributed by atoms with Crippen LogP contribution in [0.15, 0.2) is 36.4 Å². The van der Waals surface area contributed by atoms with Gasteiger partial charge in [-0.2, -0.15) is 0 Å². The van der Waals surface area contributed by atoms with Crippen molar-refractivity contribution in [2.75, 3.05) is 38.4 Å². The number of carbonyl (C=O) groups is 1. The van der Waals surface area contributed by atoms with Gasteiger partial charge >= 0.3 is 0 Å². The molecule has 30 heavy (non-hydrogen) atoms. The Bertz CT molecular complexity index is 966. The molecule has 0 radical (unpaired) electrons. The Morgan fingerprint density at radius 2 is 1.63 bits per heavy atom. The number of hydrogen-bond donors (Lipinski definition) is 1. The van der Waals surface area contributed by atoms with Gasteiger partial charge in [-0.1, -0.05) is 25.1 Å². The Hall–Kier alpha value is -2.94. The molecule has 9 heteroatoms. The number of anilines is 1. The minimum atomic E-state index is -3.64. The number of ether oxygens (including phenoxy) is 3. The van der Waals surface area contributed by atoms with Crippen LogP contribution in [0.3, 0.4) is 0 Å². The van der Waals surface area contributed by atoms with Gasteiger partial charge in [0.25, 0.3) is 0 Å². The summed E-state index contributed by atoms with van der Waals surface area (Å²) in [7, 11) is 0.884. The molecule has 164 valence electrons. The highest BCUT2D eigenvalue weighted by Gasteiger charge is 2.23. The SMILES string of the molecule is CCc1ccccc1N(CC(=O)NCc1cc(OC)c(OC)c(OC)c1)S(C)(=O)=O. The van der Waals surface area contributed by atoms with Crippen LogP contribution in [0.5, 0.6) is 17.2 Å². The molecular weight excluding hydrogens is 408 g/mol. The van der Waals surface area contributed by atoms with Crippen LogP contribution in [-0.2, 0) is 27.8 Å². The Labute approximate surface area is 177 Å². The summed E-state index contributed by atoms with van der Waals surface area (Å²) in [6, 6.07) is 10.6. The third kappa shape index (κ3) is 5.56. The summed E-state index contributed by atoms with van der Waals surface area (Å²) in [5.41, 5.74) is 2.07. The first-order valence-electron chi connectivity index (χ1n) is 9.36. The van der Waals surface area contributed by atoms with Crippen LogP contribution in [-0.4, -0.2) is 48.5 Å². The number of para-hydroxylation sites is 1. The van der Waals surface area contributed by atoms with Gasteiger partial charge in [-0.3, -0.25) is 9.10 Å². The first-order valence-corrected chi connectivity index (χ1v) is 11.2. The second-order valence-electron chi connectivity index (χ2n) is 6.56. The van der Waals surface area contributed by atoms with Gasteiger partial charge in [0.2, 0.25) is 21.7 Å². The van der Waals surface area contributed by atoms with E-state index in [1.807, 2.05) is 19.1 Å². The lowest BCUT2D eigenvalue weighted by atomic mass is 10.1. The largest absolute Gasteiger partial charge is 0.493 e. The van der Waals surface area contributed by atoms with E-state index in [1.54, 1.807) is 24.3 Å². The smallest absolute Gasteiger partial charge is 0.241 e. The number of amides is 1. The predicted molar refractivity (Wildman–Crippen MR) is 116 cm³/mol. The predicted octanol–water partition coefficient (Wildman–Crippen LogP) is 2.36. The van der Waals surface area contributed by atoms with Crippen molar-refractivity contribution < 1.29 is 27.4 Å². The normalized spacial score (nSPS) is 11.0. The minimum Gasteiger partial charge on any atom is -0.493 e. The first-order chi connectivity index (χ1) is 14.2. The molecule has 8 nitrogen and oxygen atoms in total. The lowest BCUT2D eigenvalue weighted by Gasteiger charge is -2.24. The second-order valence-corrected chi connectivity index (χ2v) is 8.47. The molecule has 0 atom stereocenters. The van der Waals surface area contributed by atoms with E-state index in [0.29, 0.717) is 29.4 Å². The van der Waals surface area contributed by atoms with Crippen molar-refractivity contribution in [3.63, 3.8) is 0 Å². The lowest BCUT2D eigenvalue weighted by Crippen LogP contribution is -2.40. The van der Waals surface area contributed by atoms with Crippen molar-refractivity contribution in [3.8, 4) is 17.2 Å². The van der Waals surface area contributed by atoms with Crippen LogP contribution in [0.4, 0.5) is 5.69 Å². The van der Waals surface area contributed by atoms with E-state index < -0.39 is 15.9 Å². The number of hydrogen-bond acceptors (Lipinski definition) is 6. The standard InChI is InChI=1S/C21H28N2O6S/c1-6-16-9-7-8-10-17(16)23(30(5,25)26)14-20(24)22-13-15-11-18(27-2)21(29-4)19(12-15)28-3/h7-12H,6,13-14H2,1-5H3,(H,22,24). The molecule has 0 aliphatic heterocycles. The number of methoxy groups -OCH3 is 3. The summed E-state index contributed by atoms with van der Waals surface area (Å²) in [5.74, 6) is 0.959. The number of aryl methyl sites for hydroxylation is 1. The Balaban J connectivity index is 2.19. The van der Waals surface area contributed by atoms with E-state index in [1.165, 1.54) is 21.3 Å². The zero-order chi connectivity index (χ0) is 22.3. The highest BCUT2D eigenvalue weighted by atomic mass is 32.2. The van der Waals surface area contributed by atoms with Crippen LogP contribution in [0, 0.1) is 0 Å². The fourth-order valence-electron chi connectivity index (χ4n) is 3.06. The summed E-state index contributed by atoms with van der Waals surface area (Å²) >= 11 is 0. The van der Waals surface area contributed by atoms with Gasteiger partial charge in [-0.25, -0.2) is 8.42 Å². The number of carbonyl (C=O) groups excluding carboxylic acids is 1. The summed E-state index contributed by atoms with van der Waals surface area (Å²) < 4.78 is 41.7. The topological polar surface area (TPSA) is 94.2 Å². The molecule has 0 aliphatic rings. The molecule has 1 N–H and O–H groups in total. The maximum atomic E-state index is 12.6. The van der Waals surface area contributed by atoms with E-state index in [0.717, 1.165) is 21.7 Å². The highest BCUT2D eigenvalue weighted by Crippen LogP contribution is 2.38. The molecule has 0 bridgehead atoms. The van der Waals surface area contributed by atoms with Crippen LogP contribution in [0.25, 0.3) is 0 Å². The summed E-state index contributed by atoms with van der Waals surface area (Å²) in [6.07, 6.45) is 1.74. The number of rotatable bonds is 10. The van der Waals surface area contributed by atoms with Gasteiger partial charge in [0.05, 0.1) is 33.3 Å². The van der Waals surface area contributed by atoms with Gasteiger partial charge in [-0.05, 0) is 35.7 Å². The third-order valence-electron chi connectivity index (χ3n) is 4.54. The van der Waals surface area contributed by atoms with Crippen molar-refractivity contribution in [1.82, 2.24) is 5.32 Å². The average molecular weight is 437 g/mol. The maximum absolute atomic E-state index is 12.6. The summed E-state index contributed by atoms with van der Waals surface area (Å²) in [4.78, 5) is 12.6. The second kappa shape index (κ2) is 10.2. The molecule has 0 heterocycles. The van der Waals surface area contributed by atoms with E-state index >= 15 is 0 Å². The van der Waals surface area contributed by atoms with Crippen molar-refractivity contribution in [2.45, 2.75) is 19.9 Å². The number of benzene rings is 2. The van der Waals surface area contributed by atoms with Crippen LogP contribution in [0.1, 0.15) is 18.1 Å². The molecule has 0 saturated heterocycles. The molecule has 0 spiro atoms. The number of nitrogens with zero attached hydrogens (tertiary/aromatic N) is 1. The molecular formula is C21H28N2O6S. The Kier molecular flexibility index (Phi) is 7.93. The minimum absolute atomic E-state index is 0.169. The van der Waals surface area contributed by atoms with Crippen molar-refractivity contribution in [3.05, 3.63) is 47.5 Å². The molecule has 1 amide bonds. The van der Waals surface area contributed by atoms with Gasteiger partial charge in [-0.15, -0.1) is 0 Å². The van der Waals surface area contributed by atoms with E-state index in [2.05, 4.69) is 5.32 Å². The highest BCUT2D eigenvalue weighted by molar-refractivity contribution is 7.92. The first kappa shape index (κ1) is 23.3. The van der Waals surface area contributed by atoms with Gasteiger partial charge in [0.15, 0.2) is 11.5 Å². The summed E-state index contributed by atoms with van der Waals surface area (Å²) in [5, 5.41) is 2.75. The van der Waals surface area contributed by atoms with Crippen LogP contribution < -0.4 is 23.8 Å². The molecule has 2 aromatic rings. The lowest BCUT2D eigenvalue weighted by molar-refractivity contribution is -0.119. The number of nitrogens with one attached hydrogen (secondary N) is 1. The average Bonchev–Trinajstić information content (AvgIpc) is 2.74. The van der Waals surface area contributed by atoms with E-state index in [4.69, 9.17) is 14.2 Å². The van der Waals surface area contributed by atoms with Crippen molar-refractivity contribution >= 4 is 21.6 Å². The zero-order valence-corrected chi connectivity index (χ0v) is 18.7. The van der Waals surface area contributed by atoms with Crippen LogP contribution >= 0.6 is 0 Å². The van der Waals surface area contributed by atoms with E-state index in [9.17, 15) is 13.2 Å². The van der Waals surface area contributed by atoms with Crippen LogP contribution in [0.2, 0.25) is 0 Å². The molecule has 2 rings (SSSR count). The maximum Gasteiger partial charge on any atom is 0.241 e. The molecule has 0 aromatic heterocycles. The molecule has 0 fully saturated rings. The monoisotopic (exact) mass is 436 g/mol. The van der Waals surface area contributed by atoms with Gasteiger partial charge < -0.3 is 19.5 Å². The fraction of sp³-hybridized carbons (Fsp3) is 0.381. The Morgan fingerprint density at radius 1 is 1.03 bits per heavy atom. The van der Waals surface area contributed by atoms with Gasteiger partial charge in [0.1, 0.15) is 6.54 Å². The summed E-state index contributed by atoms with van der Waals surface area (Å²) in [6.45, 7) is 1.78. The molecule has 0 saturated carbocycles. The molecule has 2 aromatic carbocycles. The zero-order valence-electron chi connectivity index (χ0n) is 17.9. The quantitative estimate of drug-likeness (QED) is 0.615.